The van der Waals surface area contributed by atoms with Gasteiger partial charge in [0.15, 0.2) is 5.83 Å². The van der Waals surface area contributed by atoms with Crippen molar-refractivity contribution in [1.29, 1.82) is 0 Å². The number of anilines is 2. The molecule has 5 nitrogen and oxygen atoms in total. The highest BCUT2D eigenvalue weighted by molar-refractivity contribution is 6.02. The van der Waals surface area contributed by atoms with Gasteiger partial charge >= 0.3 is 0 Å². The number of rotatable bonds is 4. The second-order valence-electron chi connectivity index (χ2n) is 5.16. The molecule has 2 aromatic carbocycles. The van der Waals surface area contributed by atoms with Crippen LogP contribution in [0.25, 0.3) is 22.0 Å². The summed E-state index contributed by atoms with van der Waals surface area (Å²) in [7, 11) is 1.76. The number of amides is 1. The molecule has 1 heterocycles. The van der Waals surface area contributed by atoms with Crippen molar-refractivity contribution in [2.24, 2.45) is 0 Å². The van der Waals surface area contributed by atoms with Crippen molar-refractivity contribution < 1.29 is 9.18 Å². The second kappa shape index (κ2) is 6.45. The first-order valence-electron chi connectivity index (χ1n) is 7.27. The topological polar surface area (TPSA) is 66.9 Å². The molecule has 0 unspecified atom stereocenters. The fraction of sp³-hybridized carbons (Fsp3) is 0.0556. The van der Waals surface area contributed by atoms with E-state index in [-0.39, 0.29) is 0 Å². The molecule has 1 amide bonds. The van der Waals surface area contributed by atoms with E-state index in [1.54, 1.807) is 31.4 Å². The number of aromatic nitrogens is 2. The second-order valence-corrected chi connectivity index (χ2v) is 5.16. The first-order chi connectivity index (χ1) is 11.6. The Morgan fingerprint density at radius 2 is 1.96 bits per heavy atom. The SMILES string of the molecule is C=C(F)C(=O)Nc1cccc(-c2ccc3cnc(NC)nc3c2)c1. The normalized spacial score (nSPS) is 10.4. The Labute approximate surface area is 138 Å². The maximum atomic E-state index is 12.8. The minimum Gasteiger partial charge on any atom is -0.357 e. The Balaban J connectivity index is 1.97. The summed E-state index contributed by atoms with van der Waals surface area (Å²) in [6.07, 6.45) is 1.75. The largest absolute Gasteiger partial charge is 0.357 e. The van der Waals surface area contributed by atoms with Crippen LogP contribution in [0.4, 0.5) is 16.0 Å². The van der Waals surface area contributed by atoms with Gasteiger partial charge < -0.3 is 10.6 Å². The number of nitrogens with zero attached hydrogens (tertiary/aromatic N) is 2. The molecular weight excluding hydrogens is 307 g/mol. The Morgan fingerprint density at radius 3 is 2.71 bits per heavy atom. The maximum Gasteiger partial charge on any atom is 0.283 e. The summed E-state index contributed by atoms with van der Waals surface area (Å²) in [5.74, 6) is -1.33. The van der Waals surface area contributed by atoms with Crippen molar-refractivity contribution in [3.05, 3.63) is 61.1 Å². The summed E-state index contributed by atoms with van der Waals surface area (Å²) in [6, 6.07) is 13.0. The Hall–Kier alpha value is -3.28. The zero-order chi connectivity index (χ0) is 17.1. The fourth-order valence-electron chi connectivity index (χ4n) is 2.30. The van der Waals surface area contributed by atoms with Crippen LogP contribution in [0.15, 0.2) is 61.1 Å². The quantitative estimate of drug-likeness (QED) is 0.718. The van der Waals surface area contributed by atoms with Crippen LogP contribution >= 0.6 is 0 Å². The molecule has 120 valence electrons. The summed E-state index contributed by atoms with van der Waals surface area (Å²) in [5.41, 5.74) is 3.11. The van der Waals surface area contributed by atoms with Gasteiger partial charge in [0.25, 0.3) is 5.91 Å². The molecule has 3 rings (SSSR count). The molecule has 0 aliphatic rings. The number of fused-ring (bicyclic) bond motifs is 1. The molecule has 24 heavy (non-hydrogen) atoms. The van der Waals surface area contributed by atoms with Gasteiger partial charge in [-0.15, -0.1) is 0 Å². The van der Waals surface area contributed by atoms with Crippen molar-refractivity contribution in [1.82, 2.24) is 9.97 Å². The van der Waals surface area contributed by atoms with Crippen LogP contribution in [0.1, 0.15) is 0 Å². The van der Waals surface area contributed by atoms with Gasteiger partial charge in [-0.3, -0.25) is 4.79 Å². The molecule has 0 saturated carbocycles. The molecule has 0 bridgehead atoms. The molecule has 2 N–H and O–H groups in total. The lowest BCUT2D eigenvalue weighted by molar-refractivity contribution is -0.114. The monoisotopic (exact) mass is 322 g/mol. The standard InChI is InChI=1S/C18H15FN4O/c1-11(19)17(24)22-15-5-3-4-12(8-15)13-6-7-14-10-21-18(20-2)23-16(14)9-13/h3-10H,1H2,2H3,(H,22,24)(H,20,21,23). The lowest BCUT2D eigenvalue weighted by atomic mass is 10.0. The predicted molar refractivity (Wildman–Crippen MR) is 93.4 cm³/mol. The van der Waals surface area contributed by atoms with E-state index in [2.05, 4.69) is 27.2 Å². The van der Waals surface area contributed by atoms with E-state index in [1.807, 2.05) is 24.3 Å². The van der Waals surface area contributed by atoms with Crippen molar-refractivity contribution in [2.45, 2.75) is 0 Å². The number of carbonyl (C=O) groups excluding carboxylic acids is 1. The van der Waals surface area contributed by atoms with Crippen LogP contribution in [0.3, 0.4) is 0 Å². The third kappa shape index (κ3) is 3.22. The first-order valence-corrected chi connectivity index (χ1v) is 7.27. The van der Waals surface area contributed by atoms with Crippen LogP contribution < -0.4 is 10.6 Å². The molecule has 3 aromatic rings. The van der Waals surface area contributed by atoms with E-state index in [4.69, 9.17) is 0 Å². The van der Waals surface area contributed by atoms with Gasteiger partial charge in [-0.2, -0.15) is 0 Å². The molecule has 6 heteroatoms. The number of benzene rings is 2. The number of halogens is 1. The highest BCUT2D eigenvalue weighted by Crippen LogP contribution is 2.26. The molecule has 0 atom stereocenters. The first kappa shape index (κ1) is 15.6. The Bertz CT molecular complexity index is 939. The summed E-state index contributed by atoms with van der Waals surface area (Å²) in [5, 5.41) is 6.29. The smallest absolute Gasteiger partial charge is 0.283 e. The van der Waals surface area contributed by atoms with Gasteiger partial charge in [0.1, 0.15) is 0 Å². The van der Waals surface area contributed by atoms with Gasteiger partial charge in [-0.25, -0.2) is 14.4 Å². The lowest BCUT2D eigenvalue weighted by Gasteiger charge is -2.08. The minimum atomic E-state index is -1.03. The van der Waals surface area contributed by atoms with E-state index in [1.165, 1.54) is 0 Å². The number of hydrogen-bond acceptors (Lipinski definition) is 4. The average Bonchev–Trinajstić information content (AvgIpc) is 2.60. The zero-order valence-electron chi connectivity index (χ0n) is 13.0. The third-order valence-corrected chi connectivity index (χ3v) is 3.51. The van der Waals surface area contributed by atoms with E-state index in [9.17, 15) is 9.18 Å². The van der Waals surface area contributed by atoms with E-state index < -0.39 is 11.7 Å². The average molecular weight is 322 g/mol. The third-order valence-electron chi connectivity index (χ3n) is 3.51. The molecule has 0 radical (unpaired) electrons. The molecule has 0 aliphatic carbocycles. The molecule has 1 aromatic heterocycles. The van der Waals surface area contributed by atoms with Crippen LogP contribution in [0, 0.1) is 0 Å². The van der Waals surface area contributed by atoms with Gasteiger partial charge in [-0.1, -0.05) is 30.8 Å². The highest BCUT2D eigenvalue weighted by Gasteiger charge is 2.08. The number of nitrogens with one attached hydrogen (secondary N) is 2. The maximum absolute atomic E-state index is 12.8. The van der Waals surface area contributed by atoms with Crippen molar-refractivity contribution in [3.63, 3.8) is 0 Å². The van der Waals surface area contributed by atoms with Crippen molar-refractivity contribution >= 4 is 28.4 Å². The number of carbonyl (C=O) groups is 1. The minimum absolute atomic E-state index is 0.495. The van der Waals surface area contributed by atoms with Gasteiger partial charge in [0, 0.05) is 24.3 Å². The molecule has 0 fully saturated rings. The van der Waals surface area contributed by atoms with Crippen LogP contribution in [0.2, 0.25) is 0 Å². The lowest BCUT2D eigenvalue weighted by Crippen LogP contribution is -2.10. The van der Waals surface area contributed by atoms with Gasteiger partial charge in [-0.05, 0) is 29.3 Å². The predicted octanol–water partition coefficient (Wildman–Crippen LogP) is 3.76. The zero-order valence-corrected chi connectivity index (χ0v) is 13.0. The Morgan fingerprint density at radius 1 is 1.17 bits per heavy atom. The molecule has 0 spiro atoms. The van der Waals surface area contributed by atoms with Crippen LogP contribution in [-0.2, 0) is 4.79 Å². The van der Waals surface area contributed by atoms with E-state index >= 15 is 0 Å². The molecule has 0 saturated heterocycles. The highest BCUT2D eigenvalue weighted by atomic mass is 19.1. The fourth-order valence-corrected chi connectivity index (χ4v) is 2.30. The van der Waals surface area contributed by atoms with Crippen molar-refractivity contribution in [3.8, 4) is 11.1 Å². The summed E-state index contributed by atoms with van der Waals surface area (Å²) < 4.78 is 12.8. The molecule has 0 aliphatic heterocycles. The number of hydrogen-bond donors (Lipinski definition) is 2. The van der Waals surface area contributed by atoms with E-state index in [0.717, 1.165) is 22.0 Å². The van der Waals surface area contributed by atoms with Crippen LogP contribution in [-0.4, -0.2) is 22.9 Å². The summed E-state index contributed by atoms with van der Waals surface area (Å²) >= 11 is 0. The summed E-state index contributed by atoms with van der Waals surface area (Å²) in [4.78, 5) is 20.0. The Kier molecular flexibility index (Phi) is 4.20. The van der Waals surface area contributed by atoms with Crippen LogP contribution in [0.5, 0.6) is 0 Å². The summed E-state index contributed by atoms with van der Waals surface area (Å²) in [6.45, 7) is 2.98. The molecular formula is C18H15FN4O. The van der Waals surface area contributed by atoms with E-state index in [0.29, 0.717) is 11.6 Å². The van der Waals surface area contributed by atoms with Gasteiger partial charge in [0.2, 0.25) is 5.95 Å². The van der Waals surface area contributed by atoms with Gasteiger partial charge in [0.05, 0.1) is 5.52 Å². The van der Waals surface area contributed by atoms with Crippen molar-refractivity contribution in [2.75, 3.05) is 17.7 Å².